The van der Waals surface area contributed by atoms with Crippen molar-refractivity contribution in [1.82, 2.24) is 4.98 Å². The number of nitrogens with zero attached hydrogens (tertiary/aromatic N) is 4. The van der Waals surface area contributed by atoms with Gasteiger partial charge in [0.1, 0.15) is 22.9 Å². The minimum Gasteiger partial charge on any atom is -0.494 e. The molecule has 1 aromatic heterocycles. The van der Waals surface area contributed by atoms with E-state index in [1.54, 1.807) is 25.1 Å². The SMILES string of the molecule is COc1ccc(C(C)(CN=[N+]=[N-])OC)nc1-c1ccc(F)c(Cl)c1. The van der Waals surface area contributed by atoms with Crippen LogP contribution < -0.4 is 4.74 Å². The molecule has 0 bridgehead atoms. The van der Waals surface area contributed by atoms with Crippen molar-refractivity contribution in [2.45, 2.75) is 12.5 Å². The van der Waals surface area contributed by atoms with Crippen LogP contribution in [0.25, 0.3) is 21.7 Å². The van der Waals surface area contributed by atoms with Gasteiger partial charge in [-0.25, -0.2) is 9.37 Å². The molecule has 0 amide bonds. The fourth-order valence-electron chi connectivity index (χ4n) is 2.17. The summed E-state index contributed by atoms with van der Waals surface area (Å²) >= 11 is 5.86. The van der Waals surface area contributed by atoms with Gasteiger partial charge < -0.3 is 9.47 Å². The first-order valence-corrected chi connectivity index (χ1v) is 7.40. The summed E-state index contributed by atoms with van der Waals surface area (Å²) in [6.07, 6.45) is 0. The summed E-state index contributed by atoms with van der Waals surface area (Å²) in [7, 11) is 3.02. The maximum atomic E-state index is 13.4. The van der Waals surface area contributed by atoms with Crippen LogP contribution in [0.4, 0.5) is 4.39 Å². The number of azide groups is 1. The first-order valence-electron chi connectivity index (χ1n) is 7.02. The molecule has 0 aliphatic rings. The second-order valence-corrected chi connectivity index (χ2v) is 5.61. The Morgan fingerprint density at radius 3 is 2.67 bits per heavy atom. The van der Waals surface area contributed by atoms with Gasteiger partial charge in [0.05, 0.1) is 24.4 Å². The number of ether oxygens (including phenoxy) is 2. The highest BCUT2D eigenvalue weighted by molar-refractivity contribution is 6.31. The largest absolute Gasteiger partial charge is 0.494 e. The molecule has 2 aromatic rings. The van der Waals surface area contributed by atoms with E-state index in [0.29, 0.717) is 22.7 Å². The molecule has 0 aliphatic heterocycles. The van der Waals surface area contributed by atoms with Crippen LogP contribution in [-0.2, 0) is 10.3 Å². The summed E-state index contributed by atoms with van der Waals surface area (Å²) in [6.45, 7) is 1.83. The Kier molecular flexibility index (Phi) is 5.62. The van der Waals surface area contributed by atoms with Gasteiger partial charge in [-0.2, -0.15) is 0 Å². The van der Waals surface area contributed by atoms with Crippen LogP contribution in [0.5, 0.6) is 5.75 Å². The molecule has 0 saturated heterocycles. The molecule has 0 fully saturated rings. The molecule has 1 unspecified atom stereocenters. The Morgan fingerprint density at radius 2 is 2.08 bits per heavy atom. The molecule has 2 rings (SSSR count). The summed E-state index contributed by atoms with van der Waals surface area (Å²) in [4.78, 5) is 7.33. The maximum Gasteiger partial charge on any atom is 0.145 e. The normalized spacial score (nSPS) is 13.0. The number of benzene rings is 1. The van der Waals surface area contributed by atoms with E-state index in [1.165, 1.54) is 26.4 Å². The molecule has 1 aromatic carbocycles. The van der Waals surface area contributed by atoms with E-state index < -0.39 is 11.4 Å². The minimum atomic E-state index is -0.906. The molecule has 0 spiro atoms. The van der Waals surface area contributed by atoms with Crippen molar-refractivity contribution in [2.24, 2.45) is 5.11 Å². The molecule has 0 saturated carbocycles. The fourth-order valence-corrected chi connectivity index (χ4v) is 2.35. The van der Waals surface area contributed by atoms with Gasteiger partial charge in [0.2, 0.25) is 0 Å². The third kappa shape index (κ3) is 3.59. The van der Waals surface area contributed by atoms with Gasteiger partial charge in [0.15, 0.2) is 0 Å². The highest BCUT2D eigenvalue weighted by atomic mass is 35.5. The van der Waals surface area contributed by atoms with Crippen LogP contribution in [0, 0.1) is 5.82 Å². The molecule has 0 N–H and O–H groups in total. The Balaban J connectivity index is 2.58. The summed E-state index contributed by atoms with van der Waals surface area (Å²) in [5.74, 6) is -0.00992. The summed E-state index contributed by atoms with van der Waals surface area (Å²) in [5.41, 5.74) is 9.29. The van der Waals surface area contributed by atoms with Gasteiger partial charge in [0, 0.05) is 17.6 Å². The smallest absolute Gasteiger partial charge is 0.145 e. The summed E-state index contributed by atoms with van der Waals surface area (Å²) in [5, 5.41) is 3.57. The van der Waals surface area contributed by atoms with Crippen LogP contribution in [-0.4, -0.2) is 25.7 Å². The van der Waals surface area contributed by atoms with Gasteiger partial charge in [-0.05, 0) is 42.8 Å². The Hall–Kier alpha value is -2.34. The number of halogens is 2. The number of aromatic nitrogens is 1. The third-order valence-corrected chi connectivity index (χ3v) is 3.99. The van der Waals surface area contributed by atoms with Crippen molar-refractivity contribution in [2.75, 3.05) is 20.8 Å². The zero-order valence-corrected chi connectivity index (χ0v) is 14.2. The second-order valence-electron chi connectivity index (χ2n) is 5.20. The second kappa shape index (κ2) is 7.49. The topological polar surface area (TPSA) is 80.1 Å². The first-order chi connectivity index (χ1) is 11.4. The van der Waals surface area contributed by atoms with E-state index in [0.717, 1.165) is 0 Å². The van der Waals surface area contributed by atoms with E-state index in [4.69, 9.17) is 26.6 Å². The van der Waals surface area contributed by atoms with Gasteiger partial charge in [0.25, 0.3) is 0 Å². The molecule has 126 valence electrons. The molecular weight excluding hydrogens is 335 g/mol. The molecule has 1 heterocycles. The maximum absolute atomic E-state index is 13.4. The monoisotopic (exact) mass is 350 g/mol. The van der Waals surface area contributed by atoms with Crippen LogP contribution >= 0.6 is 11.6 Å². The minimum absolute atomic E-state index is 0.00894. The van der Waals surface area contributed by atoms with E-state index in [2.05, 4.69) is 15.0 Å². The first kappa shape index (κ1) is 18.0. The zero-order valence-electron chi connectivity index (χ0n) is 13.5. The van der Waals surface area contributed by atoms with Crippen LogP contribution in [0.1, 0.15) is 12.6 Å². The van der Waals surface area contributed by atoms with Crippen LogP contribution in [0.2, 0.25) is 5.02 Å². The predicted molar refractivity (Wildman–Crippen MR) is 89.6 cm³/mol. The molecular formula is C16H16ClFN4O2. The number of methoxy groups -OCH3 is 2. The lowest BCUT2D eigenvalue weighted by Crippen LogP contribution is -2.29. The van der Waals surface area contributed by atoms with Gasteiger partial charge >= 0.3 is 0 Å². The van der Waals surface area contributed by atoms with E-state index in [9.17, 15) is 4.39 Å². The van der Waals surface area contributed by atoms with Gasteiger partial charge in [-0.15, -0.1) is 0 Å². The van der Waals surface area contributed by atoms with Crippen LogP contribution in [0.3, 0.4) is 0 Å². The van der Waals surface area contributed by atoms with Gasteiger partial charge in [-0.1, -0.05) is 16.7 Å². The lowest BCUT2D eigenvalue weighted by Gasteiger charge is -2.26. The van der Waals surface area contributed by atoms with Crippen molar-refractivity contribution in [3.8, 4) is 17.0 Å². The highest BCUT2D eigenvalue weighted by Gasteiger charge is 2.28. The molecule has 0 aliphatic carbocycles. The predicted octanol–water partition coefficient (Wildman–Crippen LogP) is 4.72. The van der Waals surface area contributed by atoms with Crippen LogP contribution in [0.15, 0.2) is 35.4 Å². The quantitative estimate of drug-likeness (QED) is 0.429. The summed E-state index contributed by atoms with van der Waals surface area (Å²) in [6, 6.07) is 7.75. The molecule has 6 nitrogen and oxygen atoms in total. The lowest BCUT2D eigenvalue weighted by molar-refractivity contribution is 0.00657. The zero-order chi connectivity index (χ0) is 17.7. The number of pyridine rings is 1. The average Bonchev–Trinajstić information content (AvgIpc) is 2.61. The van der Waals surface area contributed by atoms with Crippen molar-refractivity contribution in [3.05, 3.63) is 57.3 Å². The third-order valence-electron chi connectivity index (χ3n) is 3.70. The van der Waals surface area contributed by atoms with Crippen molar-refractivity contribution < 1.29 is 13.9 Å². The van der Waals surface area contributed by atoms with E-state index >= 15 is 0 Å². The highest BCUT2D eigenvalue weighted by Crippen LogP contribution is 2.34. The van der Waals surface area contributed by atoms with E-state index in [1.807, 2.05) is 0 Å². The summed E-state index contributed by atoms with van der Waals surface area (Å²) < 4.78 is 24.2. The average molecular weight is 351 g/mol. The standard InChI is InChI=1S/C16H16ClFN4O2/c1-16(24-3,9-20-22-19)14-7-6-13(23-2)15(21-14)10-4-5-12(18)11(17)8-10/h4-8H,9H2,1-3H3. The van der Waals surface area contributed by atoms with Gasteiger partial charge in [-0.3, -0.25) is 0 Å². The fraction of sp³-hybridized carbons (Fsp3) is 0.312. The number of hydrogen-bond acceptors (Lipinski definition) is 4. The number of rotatable bonds is 6. The Morgan fingerprint density at radius 1 is 1.33 bits per heavy atom. The molecule has 1 atom stereocenters. The molecule has 0 radical (unpaired) electrons. The number of hydrogen-bond donors (Lipinski definition) is 0. The molecule has 24 heavy (non-hydrogen) atoms. The Labute approximate surface area is 143 Å². The van der Waals surface area contributed by atoms with Crippen molar-refractivity contribution in [1.29, 1.82) is 0 Å². The van der Waals surface area contributed by atoms with E-state index in [-0.39, 0.29) is 11.6 Å². The molecule has 8 heteroatoms. The van der Waals surface area contributed by atoms with Crippen molar-refractivity contribution >= 4 is 11.6 Å². The Bertz CT molecular complexity index is 796. The lowest BCUT2D eigenvalue weighted by atomic mass is 10.00. The van der Waals surface area contributed by atoms with Crippen molar-refractivity contribution in [3.63, 3.8) is 0 Å².